The van der Waals surface area contributed by atoms with Crippen LogP contribution in [0.5, 0.6) is 0 Å². The van der Waals surface area contributed by atoms with E-state index in [4.69, 9.17) is 18.9 Å². The van der Waals surface area contributed by atoms with Crippen LogP contribution in [0.25, 0.3) is 0 Å². The van der Waals surface area contributed by atoms with Crippen LogP contribution >= 0.6 is 0 Å². The summed E-state index contributed by atoms with van der Waals surface area (Å²) >= 11 is 0. The molecule has 10 nitrogen and oxygen atoms in total. The Kier molecular flexibility index (Phi) is 6.36. The van der Waals surface area contributed by atoms with E-state index in [1.807, 2.05) is 0 Å². The van der Waals surface area contributed by atoms with Gasteiger partial charge in [0.15, 0.2) is 6.29 Å². The van der Waals surface area contributed by atoms with Crippen molar-refractivity contribution < 1.29 is 49.3 Å². The van der Waals surface area contributed by atoms with Crippen molar-refractivity contribution in [3.63, 3.8) is 0 Å². The Morgan fingerprint density at radius 2 is 1.89 bits per heavy atom. The minimum atomic E-state index is -1.57. The Morgan fingerprint density at radius 1 is 1.15 bits per heavy atom. The molecule has 0 aromatic heterocycles. The quantitative estimate of drug-likeness (QED) is 0.328. The first kappa shape index (κ1) is 20.5. The number of aliphatic hydroxyl groups is 5. The third-order valence-electron chi connectivity index (χ3n) is 5.42. The highest BCUT2D eigenvalue weighted by Crippen LogP contribution is 2.44. The SMILES string of the molecule is CC(=O)OC[C@H]1C[C@H](O)[C@H]2C=CO[C@@H](O[C@@H]3O[C@H](CO)[C@@H](O)[C@H](O)[C@H]3O)[C@H]12. The summed E-state index contributed by atoms with van der Waals surface area (Å²) in [4.78, 5) is 11.1. The molecule has 5 N–H and O–H groups in total. The van der Waals surface area contributed by atoms with Gasteiger partial charge in [-0.25, -0.2) is 0 Å². The smallest absolute Gasteiger partial charge is 0.302 e. The molecule has 0 aromatic rings. The molecule has 27 heavy (non-hydrogen) atoms. The molecule has 10 heteroatoms. The first-order valence-corrected chi connectivity index (χ1v) is 8.93. The number of carbonyl (C=O) groups is 1. The number of hydrogen-bond acceptors (Lipinski definition) is 10. The van der Waals surface area contributed by atoms with Crippen LogP contribution in [0.15, 0.2) is 12.3 Å². The van der Waals surface area contributed by atoms with Crippen LogP contribution in [-0.2, 0) is 23.7 Å². The summed E-state index contributed by atoms with van der Waals surface area (Å²) in [6.45, 7) is 0.803. The van der Waals surface area contributed by atoms with Gasteiger partial charge in [0.1, 0.15) is 24.4 Å². The van der Waals surface area contributed by atoms with E-state index >= 15 is 0 Å². The molecule has 1 saturated carbocycles. The van der Waals surface area contributed by atoms with Gasteiger partial charge in [-0.2, -0.15) is 0 Å². The van der Waals surface area contributed by atoms with Crippen molar-refractivity contribution in [3.05, 3.63) is 12.3 Å². The molecule has 0 bridgehead atoms. The van der Waals surface area contributed by atoms with Crippen LogP contribution in [0.4, 0.5) is 0 Å². The monoisotopic (exact) mass is 390 g/mol. The lowest BCUT2D eigenvalue weighted by molar-refractivity contribution is -0.342. The molecule has 2 heterocycles. The summed E-state index contributed by atoms with van der Waals surface area (Å²) in [5, 5.41) is 49.5. The van der Waals surface area contributed by atoms with Crippen molar-refractivity contribution in [2.75, 3.05) is 13.2 Å². The van der Waals surface area contributed by atoms with Gasteiger partial charge in [0, 0.05) is 24.7 Å². The molecule has 0 unspecified atom stereocenters. The average molecular weight is 390 g/mol. The van der Waals surface area contributed by atoms with Gasteiger partial charge in [0.05, 0.1) is 25.6 Å². The second-order valence-corrected chi connectivity index (χ2v) is 7.19. The zero-order valence-corrected chi connectivity index (χ0v) is 14.8. The van der Waals surface area contributed by atoms with E-state index in [1.54, 1.807) is 6.08 Å². The van der Waals surface area contributed by atoms with Crippen molar-refractivity contribution in [1.29, 1.82) is 0 Å². The second kappa shape index (κ2) is 8.39. The molecule has 3 aliphatic rings. The number of esters is 1. The Balaban J connectivity index is 1.73. The minimum absolute atomic E-state index is 0.0826. The molecule has 154 valence electrons. The maximum atomic E-state index is 11.1. The number of rotatable bonds is 5. The van der Waals surface area contributed by atoms with Gasteiger partial charge in [-0.05, 0) is 12.5 Å². The molecule has 1 saturated heterocycles. The van der Waals surface area contributed by atoms with Gasteiger partial charge in [-0.3, -0.25) is 4.79 Å². The molecular weight excluding hydrogens is 364 g/mol. The zero-order valence-electron chi connectivity index (χ0n) is 14.8. The summed E-state index contributed by atoms with van der Waals surface area (Å²) in [5.41, 5.74) is 0. The molecular formula is C17H26O10. The van der Waals surface area contributed by atoms with Gasteiger partial charge >= 0.3 is 5.97 Å². The molecule has 10 atom stereocenters. The highest BCUT2D eigenvalue weighted by atomic mass is 16.8. The fourth-order valence-electron chi connectivity index (χ4n) is 4.00. The van der Waals surface area contributed by atoms with Crippen molar-refractivity contribution in [3.8, 4) is 0 Å². The molecule has 0 spiro atoms. The molecule has 1 aliphatic carbocycles. The van der Waals surface area contributed by atoms with Crippen LogP contribution in [0.2, 0.25) is 0 Å². The van der Waals surface area contributed by atoms with Crippen LogP contribution < -0.4 is 0 Å². The van der Waals surface area contributed by atoms with E-state index in [-0.39, 0.29) is 24.4 Å². The summed E-state index contributed by atoms with van der Waals surface area (Å²) < 4.78 is 21.7. The van der Waals surface area contributed by atoms with E-state index in [1.165, 1.54) is 13.2 Å². The van der Waals surface area contributed by atoms with Gasteiger partial charge in [0.2, 0.25) is 6.29 Å². The fourth-order valence-corrected chi connectivity index (χ4v) is 4.00. The van der Waals surface area contributed by atoms with Gasteiger partial charge in [-0.15, -0.1) is 0 Å². The van der Waals surface area contributed by atoms with Gasteiger partial charge in [-0.1, -0.05) is 0 Å². The highest BCUT2D eigenvalue weighted by Gasteiger charge is 2.51. The topological polar surface area (TPSA) is 155 Å². The Hall–Kier alpha value is -1.27. The molecule has 3 rings (SSSR count). The zero-order chi connectivity index (χ0) is 19.7. The third-order valence-corrected chi connectivity index (χ3v) is 5.42. The lowest BCUT2D eigenvalue weighted by Gasteiger charge is -2.42. The van der Waals surface area contributed by atoms with E-state index in [0.717, 1.165) is 0 Å². The van der Waals surface area contributed by atoms with Crippen molar-refractivity contribution in [2.45, 2.75) is 56.4 Å². The lowest BCUT2D eigenvalue weighted by atomic mass is 9.87. The van der Waals surface area contributed by atoms with Crippen molar-refractivity contribution in [1.82, 2.24) is 0 Å². The van der Waals surface area contributed by atoms with E-state index in [2.05, 4.69) is 0 Å². The maximum absolute atomic E-state index is 11.1. The number of fused-ring (bicyclic) bond motifs is 1. The average Bonchev–Trinajstić information content (AvgIpc) is 2.97. The summed E-state index contributed by atoms with van der Waals surface area (Å²) in [5.74, 6) is -1.36. The predicted octanol–water partition coefficient (Wildman–Crippen LogP) is -2.15. The largest absolute Gasteiger partial charge is 0.472 e. The van der Waals surface area contributed by atoms with E-state index < -0.39 is 55.7 Å². The maximum Gasteiger partial charge on any atom is 0.302 e. The van der Waals surface area contributed by atoms with Crippen LogP contribution in [0, 0.1) is 17.8 Å². The predicted molar refractivity (Wildman–Crippen MR) is 86.6 cm³/mol. The van der Waals surface area contributed by atoms with Crippen molar-refractivity contribution in [2.24, 2.45) is 17.8 Å². The van der Waals surface area contributed by atoms with Gasteiger partial charge < -0.3 is 44.5 Å². The molecule has 0 amide bonds. The molecule has 2 fully saturated rings. The highest BCUT2D eigenvalue weighted by molar-refractivity contribution is 5.65. The standard InChI is InChI=1S/C17H26O10/c1-7(19)25-6-8-4-10(20)9-2-3-24-16(12(8)9)27-17-15(23)14(22)13(21)11(5-18)26-17/h2-3,8-18,20-23H,4-6H2,1H3/t8-,9-,10+,11-,12-,13-,14+,15-,16+,17+/m1/s1. The number of ether oxygens (including phenoxy) is 4. The van der Waals surface area contributed by atoms with Crippen molar-refractivity contribution >= 4 is 5.97 Å². The van der Waals surface area contributed by atoms with E-state index in [0.29, 0.717) is 6.42 Å². The molecule has 0 radical (unpaired) electrons. The number of aliphatic hydroxyl groups excluding tert-OH is 5. The second-order valence-electron chi connectivity index (χ2n) is 7.19. The van der Waals surface area contributed by atoms with E-state index in [9.17, 15) is 30.3 Å². The Morgan fingerprint density at radius 3 is 2.56 bits per heavy atom. The lowest BCUT2D eigenvalue weighted by Crippen LogP contribution is -2.60. The Labute approximate surface area is 155 Å². The summed E-state index contributed by atoms with van der Waals surface area (Å²) in [6.07, 6.45) is -5.23. The summed E-state index contributed by atoms with van der Waals surface area (Å²) in [6, 6.07) is 0. The Bertz CT molecular complexity index is 552. The number of hydrogen-bond donors (Lipinski definition) is 5. The van der Waals surface area contributed by atoms with Crippen LogP contribution in [-0.4, -0.2) is 87.8 Å². The third kappa shape index (κ3) is 4.11. The van der Waals surface area contributed by atoms with Gasteiger partial charge in [0.25, 0.3) is 0 Å². The minimum Gasteiger partial charge on any atom is -0.472 e. The first-order valence-electron chi connectivity index (χ1n) is 8.93. The molecule has 0 aromatic carbocycles. The van der Waals surface area contributed by atoms with Crippen LogP contribution in [0.3, 0.4) is 0 Å². The normalized spacial score (nSPS) is 46.6. The van der Waals surface area contributed by atoms with Crippen LogP contribution in [0.1, 0.15) is 13.3 Å². The molecule has 2 aliphatic heterocycles. The summed E-state index contributed by atoms with van der Waals surface area (Å²) in [7, 11) is 0. The number of carbonyl (C=O) groups excluding carboxylic acids is 1. The fraction of sp³-hybridized carbons (Fsp3) is 0.824. The first-order chi connectivity index (χ1) is 12.8.